The molecule has 24 heavy (non-hydrogen) atoms. The van der Waals surface area contributed by atoms with Crippen molar-refractivity contribution >= 4 is 29.1 Å². The first kappa shape index (κ1) is 15.6. The van der Waals surface area contributed by atoms with E-state index in [1.165, 1.54) is 6.07 Å². The van der Waals surface area contributed by atoms with Gasteiger partial charge in [0.2, 0.25) is 17.5 Å². The first-order chi connectivity index (χ1) is 11.5. The number of amides is 1. The van der Waals surface area contributed by atoms with Crippen LogP contribution in [0.5, 0.6) is 0 Å². The summed E-state index contributed by atoms with van der Waals surface area (Å²) < 4.78 is 0. The number of carbonyl (C=O) groups is 4. The Morgan fingerprint density at radius 1 is 0.833 bits per heavy atom. The third-order valence-corrected chi connectivity index (χ3v) is 3.80. The number of nitrogens with one attached hydrogen (secondary N) is 1. The zero-order valence-electron chi connectivity index (χ0n) is 12.5. The highest BCUT2D eigenvalue weighted by Gasteiger charge is 2.32. The highest BCUT2D eigenvalue weighted by molar-refractivity contribution is 6.54. The van der Waals surface area contributed by atoms with Gasteiger partial charge in [-0.3, -0.25) is 19.2 Å². The number of hydrogen-bond acceptors (Lipinski definition) is 4. The Balaban J connectivity index is 2.02. The summed E-state index contributed by atoms with van der Waals surface area (Å²) in [6, 6.07) is 11.7. The van der Waals surface area contributed by atoms with Crippen molar-refractivity contribution in [3.8, 4) is 11.1 Å². The Labute approximate surface area is 137 Å². The van der Waals surface area contributed by atoms with E-state index in [2.05, 4.69) is 5.32 Å². The maximum atomic E-state index is 12.5. The Bertz CT molecular complexity index is 885. The Hall–Kier alpha value is -3.28. The van der Waals surface area contributed by atoms with Crippen LogP contribution in [0.1, 0.15) is 33.6 Å². The van der Waals surface area contributed by atoms with Crippen LogP contribution in [0.25, 0.3) is 11.1 Å². The molecule has 2 aromatic rings. The minimum atomic E-state index is -1.08. The van der Waals surface area contributed by atoms with Crippen molar-refractivity contribution < 1.29 is 24.3 Å². The fourth-order valence-corrected chi connectivity index (χ4v) is 2.71. The molecule has 0 spiro atoms. The smallest absolute Gasteiger partial charge is 0.303 e. The molecule has 1 aliphatic rings. The highest BCUT2D eigenvalue weighted by atomic mass is 16.4. The van der Waals surface area contributed by atoms with Crippen LogP contribution in [0, 0.1) is 0 Å². The summed E-state index contributed by atoms with van der Waals surface area (Å²) in [5.74, 6) is -2.91. The third kappa shape index (κ3) is 2.69. The van der Waals surface area contributed by atoms with Gasteiger partial charge in [0.25, 0.3) is 0 Å². The molecule has 0 unspecified atom stereocenters. The monoisotopic (exact) mass is 323 g/mol. The molecule has 3 rings (SSSR count). The van der Waals surface area contributed by atoms with Crippen LogP contribution in [-0.2, 0) is 9.59 Å². The Morgan fingerprint density at radius 2 is 1.50 bits per heavy atom. The second-order valence-electron chi connectivity index (χ2n) is 5.37. The Kier molecular flexibility index (Phi) is 3.95. The molecular formula is C18H13NO5. The largest absolute Gasteiger partial charge is 0.481 e. The van der Waals surface area contributed by atoms with E-state index in [9.17, 15) is 19.2 Å². The van der Waals surface area contributed by atoms with Gasteiger partial charge in [-0.05, 0) is 17.2 Å². The zero-order valence-corrected chi connectivity index (χ0v) is 12.5. The molecular weight excluding hydrogens is 310 g/mol. The van der Waals surface area contributed by atoms with E-state index in [1.54, 1.807) is 36.4 Å². The molecule has 6 heteroatoms. The van der Waals surface area contributed by atoms with Crippen LogP contribution < -0.4 is 5.32 Å². The summed E-state index contributed by atoms with van der Waals surface area (Å²) >= 11 is 0. The van der Waals surface area contributed by atoms with Gasteiger partial charge in [-0.2, -0.15) is 0 Å². The lowest BCUT2D eigenvalue weighted by Crippen LogP contribution is -2.24. The van der Waals surface area contributed by atoms with Crippen molar-refractivity contribution in [2.45, 2.75) is 12.8 Å². The molecule has 0 aromatic heterocycles. The molecule has 120 valence electrons. The molecule has 0 fully saturated rings. The van der Waals surface area contributed by atoms with Crippen molar-refractivity contribution in [2.75, 3.05) is 5.32 Å². The molecule has 0 atom stereocenters. The standard InChI is InChI=1S/C18H13NO5/c20-14(8-9-15(21)22)19-13-7-3-6-11-10-4-1-2-5-12(10)17(23)18(24)16(11)13/h1-7H,8-9H2,(H,19,20)(H,21,22). The van der Waals surface area contributed by atoms with E-state index in [0.29, 0.717) is 16.7 Å². The minimum absolute atomic E-state index is 0.143. The van der Waals surface area contributed by atoms with Gasteiger partial charge in [-0.25, -0.2) is 0 Å². The Morgan fingerprint density at radius 3 is 2.21 bits per heavy atom. The number of anilines is 1. The van der Waals surface area contributed by atoms with E-state index in [0.717, 1.165) is 0 Å². The molecule has 1 amide bonds. The number of hydrogen-bond donors (Lipinski definition) is 2. The van der Waals surface area contributed by atoms with Gasteiger partial charge in [-0.1, -0.05) is 36.4 Å². The second-order valence-corrected chi connectivity index (χ2v) is 5.37. The molecule has 0 heterocycles. The van der Waals surface area contributed by atoms with Crippen molar-refractivity contribution in [2.24, 2.45) is 0 Å². The lowest BCUT2D eigenvalue weighted by molar-refractivity contribution is -0.138. The van der Waals surface area contributed by atoms with Gasteiger partial charge < -0.3 is 10.4 Å². The van der Waals surface area contributed by atoms with Gasteiger partial charge in [0.15, 0.2) is 0 Å². The molecule has 0 radical (unpaired) electrons. The fraction of sp³-hybridized carbons (Fsp3) is 0.111. The van der Waals surface area contributed by atoms with E-state index < -0.39 is 23.4 Å². The number of fused-ring (bicyclic) bond motifs is 3. The van der Waals surface area contributed by atoms with Gasteiger partial charge >= 0.3 is 5.97 Å². The number of ketones is 2. The number of carboxylic acids is 1. The molecule has 0 saturated carbocycles. The average Bonchev–Trinajstić information content (AvgIpc) is 2.58. The molecule has 2 N–H and O–H groups in total. The van der Waals surface area contributed by atoms with Crippen molar-refractivity contribution in [3.05, 3.63) is 53.6 Å². The van der Waals surface area contributed by atoms with Crippen molar-refractivity contribution in [3.63, 3.8) is 0 Å². The maximum absolute atomic E-state index is 12.5. The lowest BCUT2D eigenvalue weighted by Gasteiger charge is -2.20. The molecule has 0 bridgehead atoms. The first-order valence-electron chi connectivity index (χ1n) is 7.32. The normalized spacial score (nSPS) is 12.3. The van der Waals surface area contributed by atoms with Gasteiger partial charge in [0, 0.05) is 12.0 Å². The van der Waals surface area contributed by atoms with E-state index in [-0.39, 0.29) is 24.1 Å². The predicted octanol–water partition coefficient (Wildman–Crippen LogP) is 2.54. The molecule has 6 nitrogen and oxygen atoms in total. The third-order valence-electron chi connectivity index (χ3n) is 3.80. The number of carboxylic acid groups (broad SMARTS) is 1. The van der Waals surface area contributed by atoms with Crippen molar-refractivity contribution in [1.82, 2.24) is 0 Å². The van der Waals surface area contributed by atoms with E-state index in [1.807, 2.05) is 0 Å². The minimum Gasteiger partial charge on any atom is -0.481 e. The quantitative estimate of drug-likeness (QED) is 0.842. The summed E-state index contributed by atoms with van der Waals surface area (Å²) in [6.07, 6.45) is -0.520. The zero-order chi connectivity index (χ0) is 17.3. The summed E-state index contributed by atoms with van der Waals surface area (Å²) in [6.45, 7) is 0. The second kappa shape index (κ2) is 6.08. The summed E-state index contributed by atoms with van der Waals surface area (Å²) in [5.41, 5.74) is 1.91. The van der Waals surface area contributed by atoms with E-state index >= 15 is 0 Å². The summed E-state index contributed by atoms with van der Waals surface area (Å²) in [7, 11) is 0. The predicted molar refractivity (Wildman–Crippen MR) is 86.0 cm³/mol. The highest BCUT2D eigenvalue weighted by Crippen LogP contribution is 2.37. The van der Waals surface area contributed by atoms with Gasteiger partial charge in [-0.15, -0.1) is 0 Å². The topological polar surface area (TPSA) is 101 Å². The van der Waals surface area contributed by atoms with Crippen LogP contribution >= 0.6 is 0 Å². The van der Waals surface area contributed by atoms with Crippen LogP contribution in [0.3, 0.4) is 0 Å². The molecule has 1 aliphatic carbocycles. The lowest BCUT2D eigenvalue weighted by atomic mass is 9.83. The average molecular weight is 323 g/mol. The van der Waals surface area contributed by atoms with Gasteiger partial charge in [0.05, 0.1) is 17.7 Å². The fourth-order valence-electron chi connectivity index (χ4n) is 2.71. The first-order valence-corrected chi connectivity index (χ1v) is 7.32. The summed E-state index contributed by atoms with van der Waals surface area (Å²) in [4.78, 5) is 47.2. The van der Waals surface area contributed by atoms with Crippen LogP contribution in [-0.4, -0.2) is 28.5 Å². The van der Waals surface area contributed by atoms with Crippen LogP contribution in [0.4, 0.5) is 5.69 Å². The van der Waals surface area contributed by atoms with Gasteiger partial charge in [0.1, 0.15) is 0 Å². The molecule has 2 aromatic carbocycles. The van der Waals surface area contributed by atoms with Crippen LogP contribution in [0.2, 0.25) is 0 Å². The maximum Gasteiger partial charge on any atom is 0.303 e. The molecule has 0 saturated heterocycles. The van der Waals surface area contributed by atoms with Crippen LogP contribution in [0.15, 0.2) is 42.5 Å². The number of Topliss-reactive ketones (excluding diaryl/α,β-unsaturated/α-hetero) is 2. The van der Waals surface area contributed by atoms with E-state index in [4.69, 9.17) is 5.11 Å². The number of rotatable bonds is 4. The molecule has 0 aliphatic heterocycles. The SMILES string of the molecule is O=C(O)CCC(=O)Nc1cccc2c1C(=O)C(=O)c1ccccc1-2. The van der Waals surface area contributed by atoms with Crippen molar-refractivity contribution in [1.29, 1.82) is 0 Å². The summed E-state index contributed by atoms with van der Waals surface area (Å²) in [5, 5.41) is 11.2. The number of aliphatic carboxylic acids is 1. The number of benzene rings is 2. The number of carbonyl (C=O) groups excluding carboxylic acids is 3.